The van der Waals surface area contributed by atoms with E-state index in [1.165, 1.54) is 42.6 Å². The normalized spacial score (nSPS) is 13.4. The summed E-state index contributed by atoms with van der Waals surface area (Å²) in [6, 6.07) is 9.78. The molecule has 0 fully saturated rings. The minimum atomic E-state index is -4.49. The van der Waals surface area contributed by atoms with Crippen molar-refractivity contribution in [2.45, 2.75) is 6.18 Å². The highest BCUT2D eigenvalue weighted by Gasteiger charge is 2.30. The van der Waals surface area contributed by atoms with Gasteiger partial charge >= 0.3 is 6.18 Å². The average molecular weight is 395 g/mol. The Morgan fingerprint density at radius 2 is 1.74 bits per heavy atom. The fraction of sp³-hybridized carbons (Fsp3) is 0.105. The second kappa shape index (κ2) is 7.36. The highest BCUT2D eigenvalue weighted by Crippen LogP contribution is 2.30. The zero-order valence-electron chi connectivity index (χ0n) is 16.5. The maximum atomic E-state index is 12.9. The largest absolute Gasteiger partial charge is 0.416 e. The zero-order chi connectivity index (χ0) is 22.1. The second-order valence-electron chi connectivity index (χ2n) is 5.48. The molecule has 0 saturated carbocycles. The van der Waals surface area contributed by atoms with Crippen molar-refractivity contribution in [3.63, 3.8) is 0 Å². The Balaban J connectivity index is 1.97. The smallest absolute Gasteiger partial charge is 0.310 e. The monoisotopic (exact) mass is 394 g/mol. The Kier molecular flexibility index (Phi) is 4.13. The molecule has 0 saturated heterocycles. The van der Waals surface area contributed by atoms with Crippen LogP contribution >= 0.6 is 11.6 Å². The molecule has 0 bridgehead atoms. The van der Waals surface area contributed by atoms with Crippen molar-refractivity contribution in [1.82, 2.24) is 9.97 Å². The van der Waals surface area contributed by atoms with Gasteiger partial charge in [-0.15, -0.1) is 0 Å². The number of carbonyl (C=O) groups excluding carboxylic acids is 1. The summed E-state index contributed by atoms with van der Waals surface area (Å²) in [6.07, 6.45) is -2.13. The van der Waals surface area contributed by atoms with Gasteiger partial charge in [-0.2, -0.15) is 13.2 Å². The number of aromatic nitrogens is 2. The fourth-order valence-electron chi connectivity index (χ4n) is 2.26. The van der Waals surface area contributed by atoms with Crippen molar-refractivity contribution in [3.8, 4) is 11.3 Å². The molecule has 1 heterocycles. The molecule has 27 heavy (non-hydrogen) atoms. The first-order valence-electron chi connectivity index (χ1n) is 9.06. The molecule has 138 valence electrons. The Hall–Kier alpha value is -2.93. The lowest BCUT2D eigenvalue weighted by Gasteiger charge is -2.17. The molecule has 2 aromatic carbocycles. The van der Waals surface area contributed by atoms with Crippen molar-refractivity contribution < 1.29 is 22.1 Å². The van der Waals surface area contributed by atoms with E-state index >= 15 is 0 Å². The summed E-state index contributed by atoms with van der Waals surface area (Å²) < 4.78 is 61.3. The number of rotatable bonds is 3. The van der Waals surface area contributed by atoms with Crippen molar-refractivity contribution in [3.05, 3.63) is 77.2 Å². The van der Waals surface area contributed by atoms with Gasteiger partial charge in [-0.25, -0.2) is 4.98 Å². The number of alkyl halides is 3. The quantitative estimate of drug-likeness (QED) is 0.621. The maximum absolute atomic E-state index is 12.9. The summed E-state index contributed by atoms with van der Waals surface area (Å²) in [5.74, 6) is -0.946. The summed E-state index contributed by atoms with van der Waals surface area (Å²) in [6.45, 7) is -2.82. The Morgan fingerprint density at radius 3 is 2.33 bits per heavy atom. The van der Waals surface area contributed by atoms with Gasteiger partial charge < -0.3 is 4.90 Å². The van der Waals surface area contributed by atoms with E-state index in [4.69, 9.17) is 15.7 Å². The third kappa shape index (κ3) is 4.25. The minimum Gasteiger partial charge on any atom is -0.310 e. The number of hydrogen-bond donors (Lipinski definition) is 0. The molecule has 0 spiro atoms. The molecule has 3 aromatic rings. The highest BCUT2D eigenvalue weighted by atomic mass is 35.5. The van der Waals surface area contributed by atoms with Gasteiger partial charge in [-0.1, -0.05) is 23.7 Å². The lowest BCUT2D eigenvalue weighted by Crippen LogP contribution is -2.27. The fourth-order valence-corrected chi connectivity index (χ4v) is 2.39. The van der Waals surface area contributed by atoms with Gasteiger partial charge in [0, 0.05) is 27.4 Å². The number of benzene rings is 2. The maximum Gasteiger partial charge on any atom is 0.416 e. The summed E-state index contributed by atoms with van der Waals surface area (Å²) in [7, 11) is 0. The lowest BCUT2D eigenvalue weighted by atomic mass is 10.1. The van der Waals surface area contributed by atoms with Gasteiger partial charge in [0.2, 0.25) is 0 Å². The van der Waals surface area contributed by atoms with Crippen LogP contribution in [0, 0.1) is 0 Å². The van der Waals surface area contributed by atoms with Crippen molar-refractivity contribution in [1.29, 1.82) is 0 Å². The van der Waals surface area contributed by atoms with Crippen molar-refractivity contribution >= 4 is 23.2 Å². The molecule has 0 aliphatic rings. The average Bonchev–Trinajstić information content (AvgIpc) is 2.68. The van der Waals surface area contributed by atoms with Crippen molar-refractivity contribution in [2.75, 3.05) is 11.9 Å². The lowest BCUT2D eigenvalue weighted by molar-refractivity contribution is -0.137. The molecular formula is C19H13ClF3N3O. The van der Waals surface area contributed by atoms with Gasteiger partial charge in [0.25, 0.3) is 5.91 Å². The van der Waals surface area contributed by atoms with E-state index < -0.39 is 24.6 Å². The molecule has 0 radical (unpaired) electrons. The Morgan fingerprint density at radius 1 is 1.07 bits per heavy atom. The second-order valence-corrected chi connectivity index (χ2v) is 5.92. The Labute approximate surface area is 162 Å². The summed E-state index contributed by atoms with van der Waals surface area (Å²) >= 11 is 5.82. The topological polar surface area (TPSA) is 46.1 Å². The number of carbonyl (C=O) groups is 1. The van der Waals surface area contributed by atoms with Gasteiger partial charge in [0.1, 0.15) is 5.69 Å². The van der Waals surface area contributed by atoms with Gasteiger partial charge in [-0.05, 0) is 36.4 Å². The van der Waals surface area contributed by atoms with Gasteiger partial charge in [0.05, 0.1) is 23.7 Å². The van der Waals surface area contributed by atoms with E-state index in [0.29, 0.717) is 9.92 Å². The third-order valence-electron chi connectivity index (χ3n) is 3.65. The highest BCUT2D eigenvalue weighted by molar-refractivity contribution is 6.30. The van der Waals surface area contributed by atoms with E-state index in [-0.39, 0.29) is 22.6 Å². The van der Waals surface area contributed by atoms with E-state index in [2.05, 4.69) is 9.97 Å². The van der Waals surface area contributed by atoms with E-state index in [1.807, 2.05) is 0 Å². The molecule has 3 rings (SSSR count). The van der Waals surface area contributed by atoms with Crippen molar-refractivity contribution in [2.24, 2.45) is 0 Å². The number of halogens is 4. The van der Waals surface area contributed by atoms with Crippen LogP contribution in [-0.2, 0) is 6.18 Å². The first-order chi connectivity index (χ1) is 14.0. The van der Waals surface area contributed by atoms with Crippen LogP contribution < -0.4 is 4.90 Å². The minimum absolute atomic E-state index is 0.0751. The molecule has 1 aromatic heterocycles. The summed E-state index contributed by atoms with van der Waals surface area (Å²) in [5.41, 5.74) is -0.624. The molecule has 0 aliphatic carbocycles. The van der Waals surface area contributed by atoms with E-state index in [1.54, 1.807) is 0 Å². The van der Waals surface area contributed by atoms with Crippen LogP contribution in [0.15, 0.2) is 60.9 Å². The summed E-state index contributed by atoms with van der Waals surface area (Å²) in [5, 5.41) is 0.362. The molecular weight excluding hydrogens is 379 g/mol. The molecule has 0 unspecified atom stereocenters. The number of anilines is 1. The van der Waals surface area contributed by atoms with Crippen LogP contribution in [0.25, 0.3) is 11.3 Å². The van der Waals surface area contributed by atoms with Crippen LogP contribution in [0.5, 0.6) is 0 Å². The first kappa shape index (κ1) is 15.2. The molecule has 8 heteroatoms. The SMILES string of the molecule is [2H]C([2H])([2H])N(C(=O)c1cncc(-c2ccc(C(F)(F)F)cc2)n1)c1ccc(Cl)cc1. The van der Waals surface area contributed by atoms with Crippen LogP contribution in [0.1, 0.15) is 20.2 Å². The van der Waals surface area contributed by atoms with E-state index in [0.717, 1.165) is 18.3 Å². The number of hydrogen-bond acceptors (Lipinski definition) is 3. The predicted molar refractivity (Wildman–Crippen MR) is 96.7 cm³/mol. The van der Waals surface area contributed by atoms with Crippen LogP contribution in [0.3, 0.4) is 0 Å². The van der Waals surface area contributed by atoms with Gasteiger partial charge in [0.15, 0.2) is 0 Å². The summed E-state index contributed by atoms with van der Waals surface area (Å²) in [4.78, 5) is 21.5. The first-order valence-corrected chi connectivity index (χ1v) is 7.94. The van der Waals surface area contributed by atoms with E-state index in [9.17, 15) is 18.0 Å². The van der Waals surface area contributed by atoms with Gasteiger partial charge in [-0.3, -0.25) is 9.78 Å². The number of nitrogens with zero attached hydrogens (tertiary/aromatic N) is 3. The molecule has 0 N–H and O–H groups in total. The van der Waals surface area contributed by atoms with Crippen LogP contribution in [-0.4, -0.2) is 22.9 Å². The Bertz CT molecular complexity index is 1060. The molecule has 1 amide bonds. The van der Waals surface area contributed by atoms with Crippen LogP contribution in [0.4, 0.5) is 18.9 Å². The predicted octanol–water partition coefficient (Wildman–Crippen LogP) is 5.09. The molecule has 0 atom stereocenters. The number of amides is 1. The molecule has 4 nitrogen and oxygen atoms in total. The van der Waals surface area contributed by atoms with Crippen LogP contribution in [0.2, 0.25) is 5.02 Å². The zero-order valence-corrected chi connectivity index (χ0v) is 14.3. The third-order valence-corrected chi connectivity index (χ3v) is 3.90. The standard InChI is InChI=1S/C19H13ClF3N3O/c1-26(15-8-6-14(20)7-9-15)18(27)17-11-24-10-16(25-17)12-2-4-13(5-3-12)19(21,22)23/h2-11H,1H3/i1D3. The molecule has 0 aliphatic heterocycles.